The largest absolute Gasteiger partial charge is 1.00 e. The van der Waals surface area contributed by atoms with Crippen LogP contribution in [0.4, 0.5) is 0 Å². The Morgan fingerprint density at radius 2 is 1.25 bits per heavy atom. The molecule has 120 valence electrons. The van der Waals surface area contributed by atoms with E-state index in [9.17, 15) is 0 Å². The second-order valence-corrected chi connectivity index (χ2v) is 11.0. The molecule has 0 spiro atoms. The first-order chi connectivity index (χ1) is 10.9. The zero-order valence-corrected chi connectivity index (χ0v) is 15.8. The fourth-order valence-corrected chi connectivity index (χ4v) is 11.4. The molecule has 0 amide bonds. The van der Waals surface area contributed by atoms with E-state index in [1.54, 1.807) is 21.8 Å². The molecule has 3 aliphatic rings. The Bertz CT molecular complexity index is 776. The van der Waals surface area contributed by atoms with E-state index in [4.69, 9.17) is 0 Å². The predicted molar refractivity (Wildman–Crippen MR) is 91.8 cm³/mol. The van der Waals surface area contributed by atoms with Crippen LogP contribution in [0.25, 0.3) is 12.2 Å². The predicted octanol–water partition coefficient (Wildman–Crippen LogP) is -0.216. The van der Waals surface area contributed by atoms with E-state index in [1.807, 2.05) is 0 Å². The van der Waals surface area contributed by atoms with Crippen LogP contribution in [-0.2, 0) is 19.2 Å². The van der Waals surface area contributed by atoms with Gasteiger partial charge in [-0.25, -0.2) is 0 Å². The minimum atomic E-state index is -0.0895. The summed E-state index contributed by atoms with van der Waals surface area (Å²) in [5, 5.41) is 3.57. The molecular formula is C20H17F2PTi. The smallest absolute Gasteiger partial charge is 1.00 e. The number of allylic oxidation sites excluding steroid dienone is 2. The Labute approximate surface area is 151 Å². The Balaban J connectivity index is 0.000000845. The van der Waals surface area contributed by atoms with E-state index in [1.165, 1.54) is 17.3 Å². The topological polar surface area (TPSA) is 0 Å². The molecule has 1 saturated heterocycles. The number of hydrogen-bond donors (Lipinski definition) is 0. The van der Waals surface area contributed by atoms with Gasteiger partial charge in [-0.3, -0.25) is 0 Å². The Morgan fingerprint density at radius 1 is 0.792 bits per heavy atom. The molecule has 0 bridgehead atoms. The van der Waals surface area contributed by atoms with Crippen LogP contribution in [0.5, 0.6) is 0 Å². The van der Waals surface area contributed by atoms with Crippen molar-refractivity contribution in [3.8, 4) is 0 Å². The van der Waals surface area contributed by atoms with E-state index >= 15 is 0 Å². The van der Waals surface area contributed by atoms with E-state index < -0.39 is 0 Å². The molecule has 2 aromatic rings. The third kappa shape index (κ3) is 2.39. The summed E-state index contributed by atoms with van der Waals surface area (Å²) >= 11 is -0.0643. The first kappa shape index (κ1) is 17.7. The summed E-state index contributed by atoms with van der Waals surface area (Å²) in [6.45, 7) is 2.39. The third-order valence-corrected chi connectivity index (χ3v) is 11.5. The van der Waals surface area contributed by atoms with Crippen molar-refractivity contribution < 1.29 is 28.6 Å². The standard InChI is InChI=1S/C20H17P.2FH.Ti/c1-2-21(19-11-15-7-3-4-8-16(15)12-19)20-13-17-9-5-6-10-18(17)14-20;;;/h3-14H,2H2,1H3;2*1H;/q;;;+2/p-2. The summed E-state index contributed by atoms with van der Waals surface area (Å²) in [7, 11) is -0.0895. The van der Waals surface area contributed by atoms with Crippen molar-refractivity contribution in [1.82, 2.24) is 0 Å². The van der Waals surface area contributed by atoms with Gasteiger partial charge >= 0.3 is 142 Å². The molecule has 2 aromatic carbocycles. The summed E-state index contributed by atoms with van der Waals surface area (Å²) in [6, 6.07) is 18.2. The molecule has 2 aliphatic carbocycles. The third-order valence-electron chi connectivity index (χ3n) is 5.09. The molecule has 2 unspecified atom stereocenters. The van der Waals surface area contributed by atoms with Crippen molar-refractivity contribution in [1.29, 1.82) is 0 Å². The van der Waals surface area contributed by atoms with Crippen molar-refractivity contribution >= 4 is 20.1 Å². The number of rotatable bonds is 1. The summed E-state index contributed by atoms with van der Waals surface area (Å²) in [5.41, 5.74) is 6.26. The molecule has 2 atom stereocenters. The van der Waals surface area contributed by atoms with Crippen molar-refractivity contribution in [3.05, 3.63) is 81.4 Å². The number of hydrogen-bond acceptors (Lipinski definition) is 0. The van der Waals surface area contributed by atoms with Gasteiger partial charge in [0.25, 0.3) is 0 Å². The second-order valence-electron chi connectivity index (χ2n) is 6.17. The molecule has 0 saturated carbocycles. The molecule has 0 nitrogen and oxygen atoms in total. The van der Waals surface area contributed by atoms with Crippen molar-refractivity contribution in [2.75, 3.05) is 6.16 Å². The van der Waals surface area contributed by atoms with Crippen LogP contribution in [0.15, 0.2) is 59.2 Å². The van der Waals surface area contributed by atoms with Gasteiger partial charge in [-0.1, -0.05) is 0 Å². The number of halogens is 2. The number of benzene rings is 2. The summed E-state index contributed by atoms with van der Waals surface area (Å²) < 4.78 is 1.58. The minimum Gasteiger partial charge on any atom is -1.00 e. The first-order valence-corrected chi connectivity index (χ1v) is 11.3. The molecule has 1 heterocycles. The van der Waals surface area contributed by atoms with Crippen LogP contribution in [0.3, 0.4) is 0 Å². The SMILES string of the molecule is CCP1C2=Cc3ccccc3[CH]2[Ti+2][CH]2C1=Cc1ccccc12.[F-].[F-]. The fourth-order valence-electron chi connectivity index (χ4n) is 4.11. The quantitative estimate of drug-likeness (QED) is 0.479. The van der Waals surface area contributed by atoms with Gasteiger partial charge in [0.1, 0.15) is 0 Å². The van der Waals surface area contributed by atoms with Gasteiger partial charge in [0.2, 0.25) is 0 Å². The molecule has 24 heavy (non-hydrogen) atoms. The van der Waals surface area contributed by atoms with Gasteiger partial charge in [-0.2, -0.15) is 0 Å². The summed E-state index contributed by atoms with van der Waals surface area (Å²) in [4.78, 5) is 0. The van der Waals surface area contributed by atoms with Crippen LogP contribution in [0.1, 0.15) is 37.6 Å². The molecule has 1 fully saturated rings. The molecule has 0 aromatic heterocycles. The van der Waals surface area contributed by atoms with Crippen LogP contribution < -0.4 is 9.41 Å². The van der Waals surface area contributed by atoms with Crippen molar-refractivity contribution in [3.63, 3.8) is 0 Å². The summed E-state index contributed by atoms with van der Waals surface area (Å²) in [5.74, 6) is 0. The summed E-state index contributed by atoms with van der Waals surface area (Å²) in [6.07, 6.45) is 6.38. The Morgan fingerprint density at radius 3 is 1.71 bits per heavy atom. The zero-order valence-electron chi connectivity index (χ0n) is 13.3. The van der Waals surface area contributed by atoms with Crippen LogP contribution in [-0.4, -0.2) is 6.16 Å². The van der Waals surface area contributed by atoms with Gasteiger partial charge in [-0.05, 0) is 0 Å². The van der Waals surface area contributed by atoms with E-state index in [0.29, 0.717) is 0 Å². The average molecular weight is 374 g/mol. The first-order valence-electron chi connectivity index (χ1n) is 8.01. The van der Waals surface area contributed by atoms with E-state index in [0.717, 1.165) is 8.45 Å². The van der Waals surface area contributed by atoms with Gasteiger partial charge in [0.05, 0.1) is 0 Å². The zero-order chi connectivity index (χ0) is 14.7. The molecular weight excluding hydrogens is 357 g/mol. The van der Waals surface area contributed by atoms with Crippen LogP contribution in [0, 0.1) is 0 Å². The van der Waals surface area contributed by atoms with Crippen LogP contribution >= 0.6 is 7.92 Å². The maximum atomic E-state index is 2.54. The van der Waals surface area contributed by atoms with Crippen LogP contribution in [0.2, 0.25) is 0 Å². The van der Waals surface area contributed by atoms with Crippen molar-refractivity contribution in [2.45, 2.75) is 15.4 Å². The number of fused-ring (bicyclic) bond motifs is 6. The fraction of sp³-hybridized carbons (Fsp3) is 0.200. The van der Waals surface area contributed by atoms with Gasteiger partial charge in [-0.15, -0.1) is 0 Å². The molecule has 4 heteroatoms. The van der Waals surface area contributed by atoms with Gasteiger partial charge in [0, 0.05) is 0 Å². The van der Waals surface area contributed by atoms with E-state index in [2.05, 4.69) is 67.6 Å². The maximum absolute atomic E-state index is 2.54. The molecule has 0 radical (unpaired) electrons. The normalized spacial score (nSPS) is 24.5. The van der Waals surface area contributed by atoms with Gasteiger partial charge in [0.15, 0.2) is 0 Å². The Kier molecular flexibility index (Phi) is 4.93. The second kappa shape index (κ2) is 6.67. The molecule has 0 N–H and O–H groups in total. The van der Waals surface area contributed by atoms with E-state index in [-0.39, 0.29) is 36.5 Å². The van der Waals surface area contributed by atoms with Crippen molar-refractivity contribution in [2.24, 2.45) is 0 Å². The maximum Gasteiger partial charge on any atom is -1.00 e. The molecule has 5 rings (SSSR count). The minimum absolute atomic E-state index is 0. The Hall–Kier alpha value is -1.08. The monoisotopic (exact) mass is 374 g/mol. The van der Waals surface area contributed by atoms with Gasteiger partial charge < -0.3 is 9.41 Å². The average Bonchev–Trinajstić information content (AvgIpc) is 3.11. The molecule has 1 aliphatic heterocycles.